The molecule has 16 rings (SSSR count). The van der Waals surface area contributed by atoms with Gasteiger partial charge in [-0.25, -0.2) is 0 Å². The van der Waals surface area contributed by atoms with Gasteiger partial charge in [-0.05, 0) is 157 Å². The number of benzene rings is 11. The first-order chi connectivity index (χ1) is 38.9. The fraction of sp³-hybridized carbons (Fsp3) is 0.132. The molecule has 2 spiro atoms. The van der Waals surface area contributed by atoms with Crippen molar-refractivity contribution in [3.05, 3.63) is 298 Å². The summed E-state index contributed by atoms with van der Waals surface area (Å²) in [6, 6.07) is 90.5. The van der Waals surface area contributed by atoms with Crippen LogP contribution in [0.1, 0.15) is 97.2 Å². The first kappa shape index (κ1) is 46.7. The van der Waals surface area contributed by atoms with Gasteiger partial charge in [0.2, 0.25) is 0 Å². The van der Waals surface area contributed by atoms with E-state index in [0.29, 0.717) is 0 Å². The largest absolute Gasteiger partial charge is 0.457 e. The first-order valence-electron chi connectivity index (χ1n) is 28.1. The molecule has 0 atom stereocenters. The van der Waals surface area contributed by atoms with Crippen LogP contribution in [0.4, 0.5) is 17.1 Å². The fourth-order valence-corrected chi connectivity index (χ4v) is 14.4. The van der Waals surface area contributed by atoms with Crippen LogP contribution in [-0.2, 0) is 21.7 Å². The zero-order valence-electron chi connectivity index (χ0n) is 45.8. The number of anilines is 3. The minimum atomic E-state index is -0.719. The molecule has 2 aliphatic carbocycles. The van der Waals surface area contributed by atoms with Gasteiger partial charge >= 0.3 is 0 Å². The van der Waals surface area contributed by atoms with Crippen molar-refractivity contribution in [1.82, 2.24) is 4.57 Å². The molecular weight excluding hydrogens is 973 g/mol. The van der Waals surface area contributed by atoms with Gasteiger partial charge in [0.1, 0.15) is 23.0 Å². The Morgan fingerprint density at radius 2 is 0.713 bits per heavy atom. The van der Waals surface area contributed by atoms with Crippen LogP contribution in [0, 0.1) is 0 Å². The zero-order valence-corrected chi connectivity index (χ0v) is 45.8. The van der Waals surface area contributed by atoms with Gasteiger partial charge in [0.15, 0.2) is 0 Å². The lowest BCUT2D eigenvalue weighted by atomic mass is 9.64. The number of hydrogen-bond donors (Lipinski definition) is 0. The topological polar surface area (TPSA) is 26.6 Å². The first-order valence-corrected chi connectivity index (χ1v) is 28.1. The van der Waals surface area contributed by atoms with Gasteiger partial charge in [-0.15, -0.1) is 0 Å². The maximum Gasteiger partial charge on any atom is 0.132 e. The van der Waals surface area contributed by atoms with Gasteiger partial charge in [-0.1, -0.05) is 193 Å². The summed E-state index contributed by atoms with van der Waals surface area (Å²) in [6.45, 7) is 13.9. The molecule has 11 aromatic carbocycles. The molecule has 0 radical (unpaired) electrons. The predicted octanol–water partition coefficient (Wildman–Crippen LogP) is 19.8. The molecule has 0 fully saturated rings. The third-order valence-corrected chi connectivity index (χ3v) is 18.0. The lowest BCUT2D eigenvalue weighted by molar-refractivity contribution is 0.433. The molecular formula is C76H58N2O2. The number of hydrogen-bond acceptors (Lipinski definition) is 3. The van der Waals surface area contributed by atoms with Crippen LogP contribution < -0.4 is 14.4 Å². The van der Waals surface area contributed by atoms with Crippen molar-refractivity contribution in [2.45, 2.75) is 63.2 Å². The maximum atomic E-state index is 7.11. The summed E-state index contributed by atoms with van der Waals surface area (Å²) < 4.78 is 16.4. The van der Waals surface area contributed by atoms with E-state index in [2.05, 4.69) is 294 Å². The second-order valence-corrected chi connectivity index (χ2v) is 24.4. The Labute approximate surface area is 467 Å². The normalized spacial score (nSPS) is 14.5. The van der Waals surface area contributed by atoms with E-state index in [1.54, 1.807) is 0 Å². The molecule has 80 heavy (non-hydrogen) atoms. The maximum absolute atomic E-state index is 7.11. The highest BCUT2D eigenvalue weighted by Crippen LogP contribution is 2.65. The minimum Gasteiger partial charge on any atom is -0.457 e. The van der Waals surface area contributed by atoms with Crippen LogP contribution in [0.25, 0.3) is 49.7 Å². The summed E-state index contributed by atoms with van der Waals surface area (Å²) in [4.78, 5) is 2.51. The Kier molecular flexibility index (Phi) is 9.68. The van der Waals surface area contributed by atoms with Gasteiger partial charge < -0.3 is 18.9 Å². The van der Waals surface area contributed by atoms with Crippen LogP contribution in [0.3, 0.4) is 0 Å². The summed E-state index contributed by atoms with van der Waals surface area (Å²) in [5.74, 6) is 3.52. The van der Waals surface area contributed by atoms with Crippen molar-refractivity contribution in [3.63, 3.8) is 0 Å². The number of ether oxygens (including phenoxy) is 2. The molecule has 4 aliphatic rings. The molecule has 384 valence electrons. The highest BCUT2D eigenvalue weighted by Gasteiger charge is 2.53. The highest BCUT2D eigenvalue weighted by molar-refractivity contribution is 6.09. The third kappa shape index (κ3) is 6.33. The number of aromatic nitrogens is 1. The van der Waals surface area contributed by atoms with Gasteiger partial charge in [-0.3, -0.25) is 0 Å². The Morgan fingerprint density at radius 3 is 1.21 bits per heavy atom. The van der Waals surface area contributed by atoms with E-state index < -0.39 is 10.8 Å². The average Bonchev–Trinajstić information content (AvgIpc) is 2.47. The van der Waals surface area contributed by atoms with Crippen LogP contribution in [0.15, 0.2) is 243 Å². The monoisotopic (exact) mass is 1030 g/mol. The zero-order chi connectivity index (χ0) is 53.9. The van der Waals surface area contributed by atoms with E-state index in [-0.39, 0.29) is 10.8 Å². The van der Waals surface area contributed by atoms with Gasteiger partial charge in [-0.2, -0.15) is 0 Å². The molecule has 4 heteroatoms. The van der Waals surface area contributed by atoms with E-state index in [9.17, 15) is 0 Å². The van der Waals surface area contributed by atoms with Gasteiger partial charge in [0, 0.05) is 55.8 Å². The number of fused-ring (bicyclic) bond motifs is 21. The SMILES string of the molecule is CC(C)(C)c1ccc2c(c1)C1(c3cc(C(C)(C)C)ccc3O2)c2ccccc2-c2ccc(N(c3cccc(-n4c5ccccc5c5ccccc54)c3)c3ccc4c(c3)C3(c5ccccc5Oc5ccccc53)c3ccccc3-4)cc21. The molecule has 0 saturated heterocycles. The molecule has 0 N–H and O–H groups in total. The lowest BCUT2D eigenvalue weighted by Gasteiger charge is -2.41. The van der Waals surface area contributed by atoms with Crippen molar-refractivity contribution in [2.75, 3.05) is 4.90 Å². The standard InChI is InChI=1S/C76H58N2O2/c1-73(2,3)47-34-40-71-65(42-47)76(66-43-48(74(4,5)6)35-41-72(66)80-71)60-27-12-8-23-54(60)56-39-37-52(46-64(56)76)77(49-20-19-21-50(44-49)78-67-30-15-9-24-57(67)58-25-10-16-31-68(58)78)51-36-38-55-53-22-7-11-26-59(53)75(63(55)45-51)61-28-13-17-32-69(61)79-70-33-18-14-29-62(70)75/h7-46H,1-6H3. The molecule has 12 aromatic rings. The summed E-state index contributed by atoms with van der Waals surface area (Å²) in [5.41, 5.74) is 22.1. The van der Waals surface area contributed by atoms with Crippen LogP contribution in [0.2, 0.25) is 0 Å². The predicted molar refractivity (Wildman–Crippen MR) is 328 cm³/mol. The van der Waals surface area contributed by atoms with Crippen LogP contribution in [-0.4, -0.2) is 4.57 Å². The molecule has 2 aliphatic heterocycles. The average molecular weight is 1030 g/mol. The van der Waals surface area contributed by atoms with Crippen molar-refractivity contribution >= 4 is 38.9 Å². The van der Waals surface area contributed by atoms with Crippen LogP contribution in [0.5, 0.6) is 23.0 Å². The van der Waals surface area contributed by atoms with Gasteiger partial charge in [0.05, 0.1) is 21.9 Å². The Bertz CT molecular complexity index is 4440. The highest BCUT2D eigenvalue weighted by atomic mass is 16.5. The number of para-hydroxylation sites is 4. The number of nitrogens with zero attached hydrogens (tertiary/aromatic N) is 2. The number of rotatable bonds is 4. The van der Waals surface area contributed by atoms with E-state index in [1.165, 1.54) is 88.6 Å². The van der Waals surface area contributed by atoms with Gasteiger partial charge in [0.25, 0.3) is 0 Å². The molecule has 0 saturated carbocycles. The van der Waals surface area contributed by atoms with E-state index in [4.69, 9.17) is 9.47 Å². The summed E-state index contributed by atoms with van der Waals surface area (Å²) in [7, 11) is 0. The van der Waals surface area contributed by atoms with E-state index in [1.807, 2.05) is 0 Å². The smallest absolute Gasteiger partial charge is 0.132 e. The Hall–Kier alpha value is -9.38. The lowest BCUT2D eigenvalue weighted by Crippen LogP contribution is -2.33. The third-order valence-electron chi connectivity index (χ3n) is 18.0. The summed E-state index contributed by atoms with van der Waals surface area (Å²) >= 11 is 0. The quantitative estimate of drug-likeness (QED) is 0.176. The second-order valence-electron chi connectivity index (χ2n) is 24.4. The molecule has 0 unspecified atom stereocenters. The molecule has 0 bridgehead atoms. The van der Waals surface area contributed by atoms with Crippen molar-refractivity contribution in [2.24, 2.45) is 0 Å². The fourth-order valence-electron chi connectivity index (χ4n) is 14.4. The summed E-state index contributed by atoms with van der Waals surface area (Å²) in [6.07, 6.45) is 0. The molecule has 3 heterocycles. The van der Waals surface area contributed by atoms with Crippen molar-refractivity contribution in [1.29, 1.82) is 0 Å². The van der Waals surface area contributed by atoms with Crippen molar-refractivity contribution in [3.8, 4) is 50.9 Å². The molecule has 0 amide bonds. The Balaban J connectivity index is 0.999. The Morgan fingerprint density at radius 1 is 0.312 bits per heavy atom. The summed E-state index contributed by atoms with van der Waals surface area (Å²) in [5, 5.41) is 2.46. The molecule has 4 nitrogen and oxygen atoms in total. The van der Waals surface area contributed by atoms with E-state index >= 15 is 0 Å². The van der Waals surface area contributed by atoms with Crippen LogP contribution >= 0.6 is 0 Å². The van der Waals surface area contributed by atoms with E-state index in [0.717, 1.165) is 56.9 Å². The van der Waals surface area contributed by atoms with Crippen molar-refractivity contribution < 1.29 is 9.47 Å². The second kappa shape index (κ2) is 16.6. The molecule has 1 aromatic heterocycles. The minimum absolute atomic E-state index is 0.110.